The summed E-state index contributed by atoms with van der Waals surface area (Å²) in [7, 11) is -7.18. The summed E-state index contributed by atoms with van der Waals surface area (Å²) < 4.78 is 249. The molecule has 0 unspecified atom stereocenters. The summed E-state index contributed by atoms with van der Waals surface area (Å²) in [6.45, 7) is -1.78. The number of sulfonamides is 1. The maximum atomic E-state index is 14.1. The first-order valence-corrected chi connectivity index (χ1v) is 10.4. The van der Waals surface area contributed by atoms with Crippen LogP contribution in [0.5, 0.6) is 0 Å². The first-order chi connectivity index (χ1) is 15.5. The molecule has 0 atom stereocenters. The van der Waals surface area contributed by atoms with Crippen LogP contribution in [0.3, 0.4) is 0 Å². The normalized spacial score (nSPS) is 19.6. The van der Waals surface area contributed by atoms with Crippen molar-refractivity contribution in [3.05, 3.63) is 0 Å². The van der Waals surface area contributed by atoms with Crippen molar-refractivity contribution in [3.63, 3.8) is 0 Å². The minimum absolute atomic E-state index is 0.122. The average Bonchev–Trinajstić information content (AvgIpc) is 2.71. The Morgan fingerprint density at radius 2 is 0.833 bits per heavy atom. The van der Waals surface area contributed by atoms with Gasteiger partial charge in [0, 0.05) is 26.2 Å². The number of halogens is 17. The van der Waals surface area contributed by atoms with Crippen LogP contribution in [0.1, 0.15) is 6.92 Å². The first kappa shape index (κ1) is 32.7. The van der Waals surface area contributed by atoms with Gasteiger partial charge in [0.15, 0.2) is 0 Å². The second-order valence-corrected chi connectivity index (χ2v) is 9.28. The third-order valence-electron chi connectivity index (χ3n) is 5.14. The lowest BCUT2D eigenvalue weighted by Gasteiger charge is -2.43. The quantitative estimate of drug-likeness (QED) is 0.355. The number of hydrogen-bond donors (Lipinski definition) is 0. The molecule has 216 valence electrons. The molecule has 1 aliphatic rings. The summed E-state index contributed by atoms with van der Waals surface area (Å²) in [6, 6.07) is 0. The summed E-state index contributed by atoms with van der Waals surface area (Å²) in [5.74, 6) is -51.5. The zero-order chi connectivity index (χ0) is 29.2. The Kier molecular flexibility index (Phi) is 8.06. The van der Waals surface area contributed by atoms with Gasteiger partial charge >= 0.3 is 47.0 Å². The van der Waals surface area contributed by atoms with Crippen LogP contribution >= 0.6 is 0 Å². The Balaban J connectivity index is 3.63. The smallest absolute Gasteiger partial charge is 0.301 e. The van der Waals surface area contributed by atoms with Crippen molar-refractivity contribution >= 4 is 10.0 Å². The summed E-state index contributed by atoms with van der Waals surface area (Å²) in [4.78, 5) is 1.29. The highest BCUT2D eigenvalue weighted by molar-refractivity contribution is 7.90. The molecule has 0 aromatic rings. The maximum Gasteiger partial charge on any atom is 0.460 e. The highest BCUT2D eigenvalue weighted by Crippen LogP contribution is 2.64. The molecule has 1 aliphatic heterocycles. The van der Waals surface area contributed by atoms with Crippen molar-refractivity contribution in [3.8, 4) is 0 Å². The third kappa shape index (κ3) is 4.17. The van der Waals surface area contributed by atoms with E-state index in [9.17, 15) is 83.1 Å². The van der Waals surface area contributed by atoms with E-state index < -0.39 is 87.5 Å². The van der Waals surface area contributed by atoms with Crippen LogP contribution in [-0.2, 0) is 10.0 Å². The van der Waals surface area contributed by atoms with Crippen LogP contribution in [0.25, 0.3) is 0 Å². The van der Waals surface area contributed by atoms with Crippen molar-refractivity contribution in [2.45, 2.75) is 53.9 Å². The maximum absolute atomic E-state index is 14.1. The van der Waals surface area contributed by atoms with Crippen molar-refractivity contribution < 1.29 is 83.1 Å². The molecule has 0 aromatic heterocycles. The number of nitrogens with zero attached hydrogens (tertiary/aromatic N) is 2. The lowest BCUT2D eigenvalue weighted by molar-refractivity contribution is -0.458. The molecule has 0 saturated carbocycles. The standard InChI is InChI=1S/C14H13F17N2O2S/c1-2-32-3-5-33(6-4-32)36(34,35)14(30,31)12(25,26)10(21,22)8(17,18)7(15,16)9(19,20)11(23,24)13(27,28)29/h2-6H2,1H3. The summed E-state index contributed by atoms with van der Waals surface area (Å²) in [5.41, 5.74) is 0. The lowest BCUT2D eigenvalue weighted by atomic mass is 9.91. The fourth-order valence-electron chi connectivity index (χ4n) is 2.76. The molecule has 36 heavy (non-hydrogen) atoms. The second kappa shape index (κ2) is 8.87. The van der Waals surface area contributed by atoms with Gasteiger partial charge in [0.1, 0.15) is 0 Å². The SMILES string of the molecule is CCN1CCN(S(=O)(=O)C(F)(F)C(F)(F)C(F)(F)C(F)(F)C(F)(F)C(F)(F)C(F)(F)C(F)(F)F)CC1. The van der Waals surface area contributed by atoms with Gasteiger partial charge < -0.3 is 4.90 Å². The van der Waals surface area contributed by atoms with Crippen LogP contribution in [0, 0.1) is 0 Å². The fraction of sp³-hybridized carbons (Fsp3) is 1.00. The number of hydrogen-bond acceptors (Lipinski definition) is 3. The number of likely N-dealkylation sites (N-methyl/N-ethyl adjacent to an activating group) is 1. The summed E-state index contributed by atoms with van der Waals surface area (Å²) >= 11 is 0. The largest absolute Gasteiger partial charge is 0.460 e. The van der Waals surface area contributed by atoms with Gasteiger partial charge in [0.2, 0.25) is 0 Å². The summed E-state index contributed by atoms with van der Waals surface area (Å²) in [6.07, 6.45) is -7.86. The van der Waals surface area contributed by atoms with E-state index in [4.69, 9.17) is 0 Å². The number of alkyl halides is 17. The van der Waals surface area contributed by atoms with E-state index in [1.807, 2.05) is 0 Å². The summed E-state index contributed by atoms with van der Waals surface area (Å²) in [5, 5.41) is -7.49. The fourth-order valence-corrected chi connectivity index (χ4v) is 4.18. The Labute approximate surface area is 190 Å². The molecule has 1 rings (SSSR count). The minimum Gasteiger partial charge on any atom is -0.301 e. The van der Waals surface area contributed by atoms with E-state index in [-0.39, 0.29) is 6.54 Å². The zero-order valence-electron chi connectivity index (χ0n) is 17.1. The molecule has 0 radical (unpaired) electrons. The van der Waals surface area contributed by atoms with Crippen LogP contribution in [-0.4, -0.2) is 97.3 Å². The van der Waals surface area contributed by atoms with Gasteiger partial charge in [-0.15, -0.1) is 0 Å². The number of piperazine rings is 1. The lowest BCUT2D eigenvalue weighted by Crippen LogP contribution is -2.75. The van der Waals surface area contributed by atoms with Crippen molar-refractivity contribution in [2.75, 3.05) is 32.7 Å². The molecule has 22 heteroatoms. The molecule has 0 N–H and O–H groups in total. The van der Waals surface area contributed by atoms with E-state index in [0.717, 1.165) is 0 Å². The third-order valence-corrected chi connectivity index (χ3v) is 7.08. The van der Waals surface area contributed by atoms with Gasteiger partial charge in [-0.05, 0) is 6.54 Å². The number of rotatable bonds is 9. The van der Waals surface area contributed by atoms with Crippen LogP contribution < -0.4 is 0 Å². The Bertz CT molecular complexity index is 907. The van der Waals surface area contributed by atoms with Crippen LogP contribution in [0.15, 0.2) is 0 Å². The van der Waals surface area contributed by atoms with Crippen molar-refractivity contribution in [1.29, 1.82) is 0 Å². The molecular weight excluding hydrogens is 583 g/mol. The van der Waals surface area contributed by atoms with Crippen LogP contribution in [0.2, 0.25) is 0 Å². The van der Waals surface area contributed by atoms with E-state index in [1.54, 1.807) is 0 Å². The second-order valence-electron chi connectivity index (χ2n) is 7.30. The van der Waals surface area contributed by atoms with Gasteiger partial charge in [-0.3, -0.25) is 0 Å². The van der Waals surface area contributed by atoms with Gasteiger partial charge in [0.25, 0.3) is 10.0 Å². The van der Waals surface area contributed by atoms with Gasteiger partial charge in [-0.25, -0.2) is 8.42 Å². The van der Waals surface area contributed by atoms with Gasteiger partial charge in [-0.1, -0.05) is 6.92 Å². The monoisotopic (exact) mass is 596 g/mol. The highest BCUT2D eigenvalue weighted by Gasteiger charge is 2.96. The molecule has 0 aliphatic carbocycles. The first-order valence-electron chi connectivity index (χ1n) is 8.97. The van der Waals surface area contributed by atoms with E-state index >= 15 is 0 Å². The molecule has 4 nitrogen and oxygen atoms in total. The predicted molar refractivity (Wildman–Crippen MR) is 83.3 cm³/mol. The van der Waals surface area contributed by atoms with E-state index in [2.05, 4.69) is 0 Å². The predicted octanol–water partition coefficient (Wildman–Crippen LogP) is 4.92. The van der Waals surface area contributed by atoms with Crippen molar-refractivity contribution in [2.24, 2.45) is 0 Å². The minimum atomic E-state index is -8.82. The zero-order valence-corrected chi connectivity index (χ0v) is 17.9. The molecule has 1 fully saturated rings. The molecule has 1 heterocycles. The topological polar surface area (TPSA) is 40.6 Å². The molecule has 1 saturated heterocycles. The molecule has 0 aromatic carbocycles. The van der Waals surface area contributed by atoms with Gasteiger partial charge in [-0.2, -0.15) is 78.9 Å². The Hall–Kier alpha value is -1.32. The van der Waals surface area contributed by atoms with E-state index in [0.29, 0.717) is 0 Å². The molecular formula is C14H13F17N2O2S. The highest BCUT2D eigenvalue weighted by atomic mass is 32.2. The molecule has 0 bridgehead atoms. The van der Waals surface area contributed by atoms with Crippen LogP contribution in [0.4, 0.5) is 74.6 Å². The Morgan fingerprint density at radius 1 is 0.528 bits per heavy atom. The molecule has 0 spiro atoms. The Morgan fingerprint density at radius 3 is 1.14 bits per heavy atom. The van der Waals surface area contributed by atoms with Crippen molar-refractivity contribution in [1.82, 2.24) is 9.21 Å². The van der Waals surface area contributed by atoms with E-state index in [1.165, 1.54) is 11.8 Å². The van der Waals surface area contributed by atoms with Gasteiger partial charge in [0.05, 0.1) is 0 Å². The molecule has 0 amide bonds. The average molecular weight is 596 g/mol.